The molecule has 4 heteroatoms. The lowest BCUT2D eigenvalue weighted by Gasteiger charge is -2.45. The maximum absolute atomic E-state index is 11.8. The minimum Gasteiger partial charge on any atom is -0.460 e. The second-order valence-corrected chi connectivity index (χ2v) is 6.18. The number of carbonyl (C=O) groups is 1. The number of ether oxygens (including phenoxy) is 1. The summed E-state index contributed by atoms with van der Waals surface area (Å²) in [4.78, 5) is 11.8. The van der Waals surface area contributed by atoms with Gasteiger partial charge in [0.15, 0.2) is 5.60 Å². The van der Waals surface area contributed by atoms with E-state index in [4.69, 9.17) is 4.74 Å². The molecule has 2 fully saturated rings. The maximum atomic E-state index is 11.8. The van der Waals surface area contributed by atoms with Crippen LogP contribution in [0, 0.1) is 17.3 Å². The number of esters is 1. The normalized spacial score (nSPS) is 45.5. The van der Waals surface area contributed by atoms with Crippen LogP contribution < -0.4 is 0 Å². The van der Waals surface area contributed by atoms with Crippen molar-refractivity contribution >= 4 is 5.97 Å². The predicted molar refractivity (Wildman–Crippen MR) is 71.2 cm³/mol. The molecule has 1 saturated heterocycles. The molecule has 1 aliphatic heterocycles. The Morgan fingerprint density at radius 1 is 1.63 bits per heavy atom. The van der Waals surface area contributed by atoms with Crippen molar-refractivity contribution in [1.82, 2.24) is 0 Å². The van der Waals surface area contributed by atoms with E-state index in [1.54, 1.807) is 0 Å². The molecule has 5 atom stereocenters. The van der Waals surface area contributed by atoms with Gasteiger partial charge in [0.05, 0.1) is 6.61 Å². The van der Waals surface area contributed by atoms with E-state index in [-0.39, 0.29) is 23.4 Å². The van der Waals surface area contributed by atoms with Gasteiger partial charge in [0.1, 0.15) is 6.10 Å². The summed E-state index contributed by atoms with van der Waals surface area (Å²) in [5.41, 5.74) is -0.963. The number of hydrogen-bond donors (Lipinski definition) is 2. The first-order valence-electron chi connectivity index (χ1n) is 6.62. The lowest BCUT2D eigenvalue weighted by atomic mass is 9.59. The molecule has 19 heavy (non-hydrogen) atoms. The summed E-state index contributed by atoms with van der Waals surface area (Å²) in [7, 11) is 0. The highest BCUT2D eigenvalue weighted by atomic mass is 16.6. The van der Waals surface area contributed by atoms with Crippen molar-refractivity contribution in [3.05, 3.63) is 24.8 Å². The molecule has 0 unspecified atom stereocenters. The molecule has 0 aromatic rings. The van der Waals surface area contributed by atoms with Gasteiger partial charge in [-0.15, -0.1) is 6.58 Å². The fourth-order valence-corrected chi connectivity index (χ4v) is 3.58. The number of fused-ring (bicyclic) bond motifs is 1. The molecule has 0 aromatic carbocycles. The quantitative estimate of drug-likeness (QED) is 0.599. The average Bonchev–Trinajstić information content (AvgIpc) is 2.60. The van der Waals surface area contributed by atoms with Crippen LogP contribution in [0.4, 0.5) is 0 Å². The molecule has 106 valence electrons. The molecule has 1 aliphatic carbocycles. The monoisotopic (exact) mass is 266 g/mol. The molecule has 0 radical (unpaired) electrons. The molecule has 1 saturated carbocycles. The van der Waals surface area contributed by atoms with Gasteiger partial charge in [0.25, 0.3) is 0 Å². The van der Waals surface area contributed by atoms with E-state index in [1.807, 2.05) is 13.0 Å². The van der Waals surface area contributed by atoms with Crippen LogP contribution in [-0.2, 0) is 9.53 Å². The van der Waals surface area contributed by atoms with E-state index >= 15 is 0 Å². The van der Waals surface area contributed by atoms with Crippen LogP contribution in [0.15, 0.2) is 24.8 Å². The Kier molecular flexibility index (Phi) is 3.35. The summed E-state index contributed by atoms with van der Waals surface area (Å²) >= 11 is 0. The van der Waals surface area contributed by atoms with Gasteiger partial charge in [0.2, 0.25) is 0 Å². The number of aliphatic hydroxyl groups excluding tert-OH is 1. The smallest absolute Gasteiger partial charge is 0.341 e. The Morgan fingerprint density at radius 2 is 2.26 bits per heavy atom. The third kappa shape index (κ3) is 1.94. The molecule has 1 heterocycles. The van der Waals surface area contributed by atoms with Crippen molar-refractivity contribution in [1.29, 1.82) is 0 Å². The minimum absolute atomic E-state index is 0.124. The second kappa shape index (κ2) is 4.46. The van der Waals surface area contributed by atoms with Crippen molar-refractivity contribution in [2.45, 2.75) is 38.4 Å². The first-order chi connectivity index (χ1) is 8.78. The molecule has 0 spiro atoms. The van der Waals surface area contributed by atoms with Gasteiger partial charge >= 0.3 is 5.97 Å². The standard InChI is InChI=1S/C15H22O4/c1-5-14(4)7-12-11(6-10(14)9(2)3)15(18,8-16)13(17)19-12/h5,10-12,16,18H,1-2,6-8H2,3-4H3/t10-,11-,12-,14+,15+/m0/s1. The Balaban J connectivity index is 2.36. The molecule has 0 bridgehead atoms. The van der Waals surface area contributed by atoms with Crippen LogP contribution in [-0.4, -0.2) is 34.5 Å². The number of carbonyl (C=O) groups excluding carboxylic acids is 1. The third-order valence-electron chi connectivity index (χ3n) is 4.90. The van der Waals surface area contributed by atoms with Gasteiger partial charge in [-0.2, -0.15) is 0 Å². The Labute approximate surface area is 113 Å². The molecule has 0 aromatic heterocycles. The molecule has 0 amide bonds. The molecule has 2 aliphatic rings. The van der Waals surface area contributed by atoms with E-state index in [1.165, 1.54) is 0 Å². The number of hydrogen-bond acceptors (Lipinski definition) is 4. The van der Waals surface area contributed by atoms with Crippen molar-refractivity contribution in [2.24, 2.45) is 17.3 Å². The topological polar surface area (TPSA) is 66.8 Å². The predicted octanol–water partition coefficient (Wildman–Crippen LogP) is 1.43. The fourth-order valence-electron chi connectivity index (χ4n) is 3.58. The van der Waals surface area contributed by atoms with Gasteiger partial charge in [-0.25, -0.2) is 4.79 Å². The fraction of sp³-hybridized carbons (Fsp3) is 0.667. The third-order valence-corrected chi connectivity index (χ3v) is 4.90. The lowest BCUT2D eigenvalue weighted by Crippen LogP contribution is -2.50. The van der Waals surface area contributed by atoms with Gasteiger partial charge in [0, 0.05) is 5.92 Å². The second-order valence-electron chi connectivity index (χ2n) is 6.18. The van der Waals surface area contributed by atoms with Crippen LogP contribution in [0.5, 0.6) is 0 Å². The molecule has 2 N–H and O–H groups in total. The van der Waals surface area contributed by atoms with Crippen molar-refractivity contribution in [3.8, 4) is 0 Å². The summed E-state index contributed by atoms with van der Waals surface area (Å²) in [6, 6.07) is 0. The van der Waals surface area contributed by atoms with Crippen LogP contribution >= 0.6 is 0 Å². The first kappa shape index (κ1) is 14.3. The number of rotatable bonds is 3. The highest BCUT2D eigenvalue weighted by Gasteiger charge is 2.61. The SMILES string of the molecule is C=C[C@]1(C)C[C@@H]2OC(=O)[C@@](O)(CO)[C@H]2C[C@H]1C(=C)C. The van der Waals surface area contributed by atoms with Crippen molar-refractivity contribution < 1.29 is 19.7 Å². The van der Waals surface area contributed by atoms with Crippen molar-refractivity contribution in [2.75, 3.05) is 6.61 Å². The average molecular weight is 266 g/mol. The highest BCUT2D eigenvalue weighted by Crippen LogP contribution is 2.53. The maximum Gasteiger partial charge on any atom is 0.341 e. The zero-order chi connectivity index (χ0) is 14.4. The summed E-state index contributed by atoms with van der Waals surface area (Å²) < 4.78 is 5.27. The van der Waals surface area contributed by atoms with Crippen LogP contribution in [0.3, 0.4) is 0 Å². The van der Waals surface area contributed by atoms with Gasteiger partial charge in [-0.3, -0.25) is 0 Å². The van der Waals surface area contributed by atoms with Crippen LogP contribution in [0.25, 0.3) is 0 Å². The first-order valence-corrected chi connectivity index (χ1v) is 6.62. The van der Waals surface area contributed by atoms with E-state index in [2.05, 4.69) is 20.1 Å². The number of aliphatic hydroxyl groups is 2. The Hall–Kier alpha value is -1.13. The summed E-state index contributed by atoms with van der Waals surface area (Å²) in [5.74, 6) is -0.961. The van der Waals surface area contributed by atoms with Crippen molar-refractivity contribution in [3.63, 3.8) is 0 Å². The van der Waals surface area contributed by atoms with Gasteiger partial charge in [-0.05, 0) is 31.1 Å². The molecule has 4 nitrogen and oxygen atoms in total. The van der Waals surface area contributed by atoms with E-state index < -0.39 is 18.2 Å². The highest BCUT2D eigenvalue weighted by molar-refractivity contribution is 5.82. The summed E-state index contributed by atoms with van der Waals surface area (Å²) in [6.45, 7) is 11.3. The van der Waals surface area contributed by atoms with Crippen LogP contribution in [0.2, 0.25) is 0 Å². The van der Waals surface area contributed by atoms with E-state index in [9.17, 15) is 15.0 Å². The summed E-state index contributed by atoms with van der Waals surface area (Å²) in [6.07, 6.45) is 2.70. The molecular formula is C15H22O4. The Bertz CT molecular complexity index is 430. The Morgan fingerprint density at radius 3 is 2.74 bits per heavy atom. The van der Waals surface area contributed by atoms with E-state index in [0.29, 0.717) is 12.8 Å². The zero-order valence-electron chi connectivity index (χ0n) is 11.6. The zero-order valence-corrected chi connectivity index (χ0v) is 11.6. The van der Waals surface area contributed by atoms with E-state index in [0.717, 1.165) is 5.57 Å². The lowest BCUT2D eigenvalue weighted by molar-refractivity contribution is -0.159. The minimum atomic E-state index is -1.76. The van der Waals surface area contributed by atoms with Gasteiger partial charge < -0.3 is 14.9 Å². The van der Waals surface area contributed by atoms with Crippen LogP contribution in [0.1, 0.15) is 26.7 Å². The number of allylic oxidation sites excluding steroid dienone is 2. The summed E-state index contributed by atoms with van der Waals surface area (Å²) in [5, 5.41) is 19.7. The molecule has 2 rings (SSSR count). The largest absolute Gasteiger partial charge is 0.460 e. The van der Waals surface area contributed by atoms with Gasteiger partial charge in [-0.1, -0.05) is 25.2 Å². The molecular weight excluding hydrogens is 244 g/mol.